The number of halogens is 1. The van der Waals surface area contributed by atoms with Crippen LogP contribution in [0.3, 0.4) is 0 Å². The predicted molar refractivity (Wildman–Crippen MR) is 86.9 cm³/mol. The van der Waals surface area contributed by atoms with Crippen LogP contribution in [-0.2, 0) is 17.8 Å². The Labute approximate surface area is 135 Å². The summed E-state index contributed by atoms with van der Waals surface area (Å²) in [7, 11) is 0. The van der Waals surface area contributed by atoms with E-state index in [1.807, 2.05) is 30.7 Å². The molecule has 0 atom stereocenters. The van der Waals surface area contributed by atoms with Gasteiger partial charge in [0.2, 0.25) is 5.91 Å². The van der Waals surface area contributed by atoms with E-state index in [2.05, 4.69) is 15.4 Å². The number of aryl methyl sites for hydroxylation is 3. The molecule has 2 rings (SSSR count). The van der Waals surface area contributed by atoms with Crippen molar-refractivity contribution in [3.8, 4) is 0 Å². The third kappa shape index (κ3) is 4.56. The van der Waals surface area contributed by atoms with Crippen LogP contribution in [0.4, 0.5) is 0 Å². The highest BCUT2D eigenvalue weighted by molar-refractivity contribution is 6.31. The molecule has 5 nitrogen and oxygen atoms in total. The molecular weight excluding hydrogens is 300 g/mol. The molecule has 2 aromatic rings. The van der Waals surface area contributed by atoms with Crippen LogP contribution in [0.2, 0.25) is 5.02 Å². The molecule has 0 bridgehead atoms. The van der Waals surface area contributed by atoms with Gasteiger partial charge in [0.05, 0.1) is 16.4 Å². The first-order chi connectivity index (χ1) is 10.6. The minimum Gasteiger partial charge on any atom is -0.356 e. The van der Waals surface area contributed by atoms with Crippen LogP contribution in [0.5, 0.6) is 0 Å². The van der Waals surface area contributed by atoms with E-state index in [9.17, 15) is 4.79 Å². The summed E-state index contributed by atoms with van der Waals surface area (Å²) < 4.78 is 1.89. The summed E-state index contributed by atoms with van der Waals surface area (Å²) in [6.07, 6.45) is 5.55. The maximum atomic E-state index is 11.8. The number of carbonyl (C=O) groups is 1. The molecule has 1 N–H and O–H groups in total. The number of amides is 1. The molecule has 0 saturated carbocycles. The lowest BCUT2D eigenvalue weighted by Gasteiger charge is -2.07. The zero-order valence-electron chi connectivity index (χ0n) is 13.0. The molecule has 0 aliphatic carbocycles. The van der Waals surface area contributed by atoms with E-state index in [0.29, 0.717) is 13.0 Å². The standard InChI is InChI=1S/C16H21ClN4O/c1-12-16(17)13(2)21(20-12)11-3-8-19-15(22)5-4-14-6-9-18-10-7-14/h6-7,9-10H,3-5,8,11H2,1-2H3,(H,19,22). The maximum Gasteiger partial charge on any atom is 0.220 e. The normalized spacial score (nSPS) is 10.7. The maximum absolute atomic E-state index is 11.8. The van der Waals surface area contributed by atoms with Gasteiger partial charge in [0, 0.05) is 31.9 Å². The number of aromatic nitrogens is 3. The monoisotopic (exact) mass is 320 g/mol. The van der Waals surface area contributed by atoms with Gasteiger partial charge in [-0.05, 0) is 44.4 Å². The quantitative estimate of drug-likeness (QED) is 0.798. The van der Waals surface area contributed by atoms with Gasteiger partial charge in [-0.1, -0.05) is 11.6 Å². The van der Waals surface area contributed by atoms with Crippen molar-refractivity contribution in [3.63, 3.8) is 0 Å². The second-order valence-corrected chi connectivity index (χ2v) is 5.64. The Morgan fingerprint density at radius 2 is 2.05 bits per heavy atom. The summed E-state index contributed by atoms with van der Waals surface area (Å²) in [5.41, 5.74) is 2.95. The van der Waals surface area contributed by atoms with Gasteiger partial charge in [0.25, 0.3) is 0 Å². The Morgan fingerprint density at radius 1 is 1.32 bits per heavy atom. The minimum atomic E-state index is 0.0724. The van der Waals surface area contributed by atoms with E-state index in [4.69, 9.17) is 11.6 Å². The molecule has 22 heavy (non-hydrogen) atoms. The summed E-state index contributed by atoms with van der Waals surface area (Å²) in [5.74, 6) is 0.0724. The van der Waals surface area contributed by atoms with Crippen molar-refractivity contribution in [1.82, 2.24) is 20.1 Å². The van der Waals surface area contributed by atoms with Crippen LogP contribution in [0.25, 0.3) is 0 Å². The van der Waals surface area contributed by atoms with Gasteiger partial charge < -0.3 is 5.32 Å². The summed E-state index contributed by atoms with van der Waals surface area (Å²) >= 11 is 6.10. The van der Waals surface area contributed by atoms with Crippen LogP contribution >= 0.6 is 11.6 Å². The number of pyridine rings is 1. The fourth-order valence-electron chi connectivity index (χ4n) is 2.25. The number of carbonyl (C=O) groups excluding carboxylic acids is 1. The Morgan fingerprint density at radius 3 is 2.68 bits per heavy atom. The van der Waals surface area contributed by atoms with Crippen LogP contribution in [0.15, 0.2) is 24.5 Å². The number of hydrogen-bond donors (Lipinski definition) is 1. The van der Waals surface area contributed by atoms with Gasteiger partial charge >= 0.3 is 0 Å². The Kier molecular flexibility index (Phi) is 5.95. The number of rotatable bonds is 7. The molecule has 0 unspecified atom stereocenters. The van der Waals surface area contributed by atoms with Gasteiger partial charge in [0.15, 0.2) is 0 Å². The van der Waals surface area contributed by atoms with Gasteiger partial charge in [-0.3, -0.25) is 14.5 Å². The van der Waals surface area contributed by atoms with E-state index < -0.39 is 0 Å². The van der Waals surface area contributed by atoms with Gasteiger partial charge in [0.1, 0.15) is 0 Å². The molecule has 1 amide bonds. The van der Waals surface area contributed by atoms with Crippen molar-refractivity contribution in [2.75, 3.05) is 6.54 Å². The van der Waals surface area contributed by atoms with E-state index in [1.165, 1.54) is 0 Å². The summed E-state index contributed by atoms with van der Waals surface area (Å²) in [4.78, 5) is 15.7. The summed E-state index contributed by atoms with van der Waals surface area (Å²) in [6.45, 7) is 5.25. The topological polar surface area (TPSA) is 59.8 Å². The fourth-order valence-corrected chi connectivity index (χ4v) is 2.38. The summed E-state index contributed by atoms with van der Waals surface area (Å²) in [5, 5.41) is 8.03. The van der Waals surface area contributed by atoms with Gasteiger partial charge in [-0.15, -0.1) is 0 Å². The van der Waals surface area contributed by atoms with Crippen LogP contribution in [0.1, 0.15) is 29.8 Å². The molecule has 0 saturated heterocycles. The zero-order chi connectivity index (χ0) is 15.9. The molecule has 0 fully saturated rings. The van der Waals surface area contributed by atoms with Crippen molar-refractivity contribution in [1.29, 1.82) is 0 Å². The molecule has 0 aliphatic heterocycles. The Hall–Kier alpha value is -1.88. The minimum absolute atomic E-state index is 0.0724. The average Bonchev–Trinajstić information content (AvgIpc) is 2.78. The Balaban J connectivity index is 1.66. The third-order valence-corrected chi connectivity index (χ3v) is 4.10. The third-order valence-electron chi connectivity index (χ3n) is 3.55. The second-order valence-electron chi connectivity index (χ2n) is 5.27. The molecule has 2 heterocycles. The average molecular weight is 321 g/mol. The number of hydrogen-bond acceptors (Lipinski definition) is 3. The van der Waals surface area contributed by atoms with Crippen LogP contribution in [0, 0.1) is 13.8 Å². The van der Waals surface area contributed by atoms with E-state index in [0.717, 1.165) is 41.4 Å². The predicted octanol–water partition coefficient (Wildman–Crippen LogP) is 2.69. The highest BCUT2D eigenvalue weighted by Gasteiger charge is 2.08. The molecule has 0 spiro atoms. The van der Waals surface area contributed by atoms with Crippen molar-refractivity contribution in [2.45, 2.75) is 39.7 Å². The highest BCUT2D eigenvalue weighted by Crippen LogP contribution is 2.18. The fraction of sp³-hybridized carbons (Fsp3) is 0.438. The van der Waals surface area contributed by atoms with Crippen molar-refractivity contribution < 1.29 is 4.79 Å². The van der Waals surface area contributed by atoms with E-state index in [-0.39, 0.29) is 5.91 Å². The summed E-state index contributed by atoms with van der Waals surface area (Å²) in [6, 6.07) is 3.86. The lowest BCUT2D eigenvalue weighted by atomic mass is 10.1. The van der Waals surface area contributed by atoms with Crippen molar-refractivity contribution >= 4 is 17.5 Å². The highest BCUT2D eigenvalue weighted by atomic mass is 35.5. The smallest absolute Gasteiger partial charge is 0.220 e. The zero-order valence-corrected chi connectivity index (χ0v) is 13.7. The molecule has 6 heteroatoms. The van der Waals surface area contributed by atoms with Crippen molar-refractivity contribution in [3.05, 3.63) is 46.5 Å². The largest absolute Gasteiger partial charge is 0.356 e. The number of nitrogens with zero attached hydrogens (tertiary/aromatic N) is 3. The van der Waals surface area contributed by atoms with E-state index >= 15 is 0 Å². The molecule has 118 valence electrons. The Bertz CT molecular complexity index is 625. The SMILES string of the molecule is Cc1nn(CCCNC(=O)CCc2ccncc2)c(C)c1Cl. The lowest BCUT2D eigenvalue weighted by Crippen LogP contribution is -2.25. The van der Waals surface area contributed by atoms with Gasteiger partial charge in [-0.2, -0.15) is 5.10 Å². The second kappa shape index (κ2) is 7.94. The lowest BCUT2D eigenvalue weighted by molar-refractivity contribution is -0.121. The van der Waals surface area contributed by atoms with Crippen LogP contribution < -0.4 is 5.32 Å². The van der Waals surface area contributed by atoms with Crippen LogP contribution in [-0.4, -0.2) is 27.2 Å². The van der Waals surface area contributed by atoms with Gasteiger partial charge in [-0.25, -0.2) is 0 Å². The first-order valence-electron chi connectivity index (χ1n) is 7.43. The number of nitrogens with one attached hydrogen (secondary N) is 1. The molecule has 0 radical (unpaired) electrons. The molecule has 2 aromatic heterocycles. The first-order valence-corrected chi connectivity index (χ1v) is 7.81. The molecule has 0 aromatic carbocycles. The first kappa shape index (κ1) is 16.5. The molecular formula is C16H21ClN4O. The molecule has 0 aliphatic rings. The van der Waals surface area contributed by atoms with E-state index in [1.54, 1.807) is 12.4 Å². The van der Waals surface area contributed by atoms with Crippen molar-refractivity contribution in [2.24, 2.45) is 0 Å².